The van der Waals surface area contributed by atoms with E-state index in [1.807, 2.05) is 0 Å². The average molecular weight is 321 g/mol. The molecule has 0 aliphatic carbocycles. The van der Waals surface area contributed by atoms with Gasteiger partial charge in [-0.25, -0.2) is 4.98 Å². The number of hydrogen-bond donors (Lipinski definition) is 1. The minimum Gasteiger partial charge on any atom is -0.462 e. The summed E-state index contributed by atoms with van der Waals surface area (Å²) < 4.78 is 10.6. The van der Waals surface area contributed by atoms with Crippen molar-refractivity contribution in [2.75, 3.05) is 26.7 Å². The van der Waals surface area contributed by atoms with E-state index in [1.54, 1.807) is 30.3 Å². The molecule has 8 heteroatoms. The van der Waals surface area contributed by atoms with Gasteiger partial charge in [0, 0.05) is 13.6 Å². The van der Waals surface area contributed by atoms with Gasteiger partial charge in [0.25, 0.3) is 11.8 Å². The molecule has 0 radical (unpaired) electrons. The standard InChI is InChI=1S/C14H15N3O4S/c1-15-12(18)10-8-17(4-6-21-10)14(19)11-7-16-13(22-11)9-3-2-5-20-9/h2-3,5,7,10H,4,6,8H2,1H3,(H,15,18). The third-order valence-corrected chi connectivity index (χ3v) is 4.34. The van der Waals surface area contributed by atoms with E-state index in [0.29, 0.717) is 28.8 Å². The van der Waals surface area contributed by atoms with Crippen LogP contribution in [0.4, 0.5) is 0 Å². The predicted molar refractivity (Wildman–Crippen MR) is 79.5 cm³/mol. The van der Waals surface area contributed by atoms with E-state index in [2.05, 4.69) is 10.3 Å². The number of nitrogens with one attached hydrogen (secondary N) is 1. The number of morpholine rings is 1. The van der Waals surface area contributed by atoms with Crippen LogP contribution in [0.25, 0.3) is 10.8 Å². The van der Waals surface area contributed by atoms with Crippen molar-refractivity contribution in [3.05, 3.63) is 29.5 Å². The van der Waals surface area contributed by atoms with Gasteiger partial charge in [-0.05, 0) is 12.1 Å². The van der Waals surface area contributed by atoms with Crippen LogP contribution in [-0.2, 0) is 9.53 Å². The number of furan rings is 1. The fourth-order valence-corrected chi connectivity index (χ4v) is 3.05. The maximum absolute atomic E-state index is 12.5. The number of rotatable bonds is 3. The molecule has 1 N–H and O–H groups in total. The third kappa shape index (κ3) is 2.88. The Labute approximate surface area is 130 Å². The molecular weight excluding hydrogens is 306 g/mol. The summed E-state index contributed by atoms with van der Waals surface area (Å²) in [5.41, 5.74) is 0. The van der Waals surface area contributed by atoms with Crippen LogP contribution < -0.4 is 5.32 Å². The maximum Gasteiger partial charge on any atom is 0.265 e. The smallest absolute Gasteiger partial charge is 0.265 e. The molecule has 7 nitrogen and oxygen atoms in total. The summed E-state index contributed by atoms with van der Waals surface area (Å²) in [4.78, 5) is 30.5. The van der Waals surface area contributed by atoms with Crippen molar-refractivity contribution in [3.8, 4) is 10.8 Å². The van der Waals surface area contributed by atoms with Crippen molar-refractivity contribution in [3.63, 3.8) is 0 Å². The summed E-state index contributed by atoms with van der Waals surface area (Å²) >= 11 is 1.27. The number of carbonyl (C=O) groups excluding carboxylic acids is 2. The molecule has 1 saturated heterocycles. The van der Waals surface area contributed by atoms with Gasteiger partial charge in [0.05, 0.1) is 25.6 Å². The van der Waals surface area contributed by atoms with Gasteiger partial charge in [-0.2, -0.15) is 0 Å². The molecule has 2 aromatic heterocycles. The van der Waals surface area contributed by atoms with Gasteiger partial charge >= 0.3 is 0 Å². The SMILES string of the molecule is CNC(=O)C1CN(C(=O)c2cnc(-c3ccco3)s2)CCO1. The molecule has 0 aromatic carbocycles. The van der Waals surface area contributed by atoms with E-state index in [0.717, 1.165) is 0 Å². The van der Waals surface area contributed by atoms with Crippen LogP contribution in [-0.4, -0.2) is 54.5 Å². The zero-order valence-corrected chi connectivity index (χ0v) is 12.8. The second-order valence-corrected chi connectivity index (χ2v) is 5.76. The van der Waals surface area contributed by atoms with Crippen LogP contribution >= 0.6 is 11.3 Å². The minimum atomic E-state index is -0.625. The molecule has 1 unspecified atom stereocenters. The van der Waals surface area contributed by atoms with E-state index < -0.39 is 6.10 Å². The molecular formula is C14H15N3O4S. The van der Waals surface area contributed by atoms with Crippen molar-refractivity contribution in [1.29, 1.82) is 0 Å². The Morgan fingerprint density at radius 3 is 3.09 bits per heavy atom. The average Bonchev–Trinajstić information content (AvgIpc) is 3.24. The van der Waals surface area contributed by atoms with E-state index in [4.69, 9.17) is 9.15 Å². The Bertz CT molecular complexity index is 667. The van der Waals surface area contributed by atoms with Gasteiger partial charge in [-0.3, -0.25) is 9.59 Å². The number of carbonyl (C=O) groups is 2. The molecule has 2 aromatic rings. The maximum atomic E-state index is 12.5. The molecule has 0 spiro atoms. The number of ether oxygens (including phenoxy) is 1. The normalized spacial score (nSPS) is 18.2. The van der Waals surface area contributed by atoms with Crippen LogP contribution in [0.3, 0.4) is 0 Å². The molecule has 1 aliphatic heterocycles. The van der Waals surface area contributed by atoms with Crippen LogP contribution in [0.5, 0.6) is 0 Å². The van der Waals surface area contributed by atoms with Crippen LogP contribution in [0.15, 0.2) is 29.0 Å². The Balaban J connectivity index is 1.72. The van der Waals surface area contributed by atoms with Gasteiger partial charge < -0.3 is 19.4 Å². The quantitative estimate of drug-likeness (QED) is 0.911. The monoisotopic (exact) mass is 321 g/mol. The molecule has 1 atom stereocenters. The fraction of sp³-hybridized carbons (Fsp3) is 0.357. The zero-order chi connectivity index (χ0) is 15.5. The van der Waals surface area contributed by atoms with Crippen LogP contribution in [0.1, 0.15) is 9.67 Å². The zero-order valence-electron chi connectivity index (χ0n) is 11.9. The molecule has 1 fully saturated rings. The first kappa shape index (κ1) is 14.7. The molecule has 1 aliphatic rings. The second kappa shape index (κ2) is 6.29. The summed E-state index contributed by atoms with van der Waals surface area (Å²) in [6, 6.07) is 3.57. The van der Waals surface area contributed by atoms with E-state index >= 15 is 0 Å². The Hall–Kier alpha value is -2.19. The summed E-state index contributed by atoms with van der Waals surface area (Å²) in [5, 5.41) is 3.19. The molecule has 0 bridgehead atoms. The van der Waals surface area contributed by atoms with E-state index in [1.165, 1.54) is 17.5 Å². The topological polar surface area (TPSA) is 84.7 Å². The summed E-state index contributed by atoms with van der Waals surface area (Å²) in [6.07, 6.45) is 2.48. The first-order chi connectivity index (χ1) is 10.7. The van der Waals surface area contributed by atoms with Crippen LogP contribution in [0, 0.1) is 0 Å². The number of likely N-dealkylation sites (N-methyl/N-ethyl adjacent to an activating group) is 1. The van der Waals surface area contributed by atoms with E-state index in [9.17, 15) is 9.59 Å². The molecule has 116 valence electrons. The van der Waals surface area contributed by atoms with Crippen molar-refractivity contribution in [2.45, 2.75) is 6.10 Å². The van der Waals surface area contributed by atoms with Gasteiger partial charge in [0.2, 0.25) is 0 Å². The highest BCUT2D eigenvalue weighted by Crippen LogP contribution is 2.26. The van der Waals surface area contributed by atoms with Crippen molar-refractivity contribution in [1.82, 2.24) is 15.2 Å². The van der Waals surface area contributed by atoms with E-state index in [-0.39, 0.29) is 18.4 Å². The molecule has 3 rings (SSSR count). The first-order valence-electron chi connectivity index (χ1n) is 6.81. The molecule has 22 heavy (non-hydrogen) atoms. The van der Waals surface area contributed by atoms with Gasteiger partial charge in [0.1, 0.15) is 4.88 Å². The Morgan fingerprint density at radius 1 is 1.50 bits per heavy atom. The first-order valence-corrected chi connectivity index (χ1v) is 7.63. The lowest BCUT2D eigenvalue weighted by Crippen LogP contribution is -2.50. The van der Waals surface area contributed by atoms with Gasteiger partial charge in [-0.1, -0.05) is 0 Å². The third-order valence-electron chi connectivity index (χ3n) is 3.34. The Morgan fingerprint density at radius 2 is 2.36 bits per heavy atom. The minimum absolute atomic E-state index is 0.146. The number of aromatic nitrogens is 1. The highest BCUT2D eigenvalue weighted by Gasteiger charge is 2.30. The lowest BCUT2D eigenvalue weighted by molar-refractivity contribution is -0.136. The highest BCUT2D eigenvalue weighted by atomic mass is 32.1. The lowest BCUT2D eigenvalue weighted by atomic mass is 10.2. The number of nitrogens with zero attached hydrogens (tertiary/aromatic N) is 2. The number of amides is 2. The van der Waals surface area contributed by atoms with Crippen molar-refractivity contribution >= 4 is 23.2 Å². The number of thiazole rings is 1. The van der Waals surface area contributed by atoms with Crippen LogP contribution in [0.2, 0.25) is 0 Å². The molecule has 0 saturated carbocycles. The fourth-order valence-electron chi connectivity index (χ4n) is 2.20. The predicted octanol–water partition coefficient (Wildman–Crippen LogP) is 0.990. The highest BCUT2D eigenvalue weighted by molar-refractivity contribution is 7.16. The molecule has 3 heterocycles. The van der Waals surface area contributed by atoms with Gasteiger partial charge in [-0.15, -0.1) is 11.3 Å². The van der Waals surface area contributed by atoms with Crippen molar-refractivity contribution in [2.24, 2.45) is 0 Å². The summed E-state index contributed by atoms with van der Waals surface area (Å²) in [6.45, 7) is 1.04. The second-order valence-electron chi connectivity index (χ2n) is 4.73. The summed E-state index contributed by atoms with van der Waals surface area (Å²) in [7, 11) is 1.55. The Kier molecular flexibility index (Phi) is 4.21. The van der Waals surface area contributed by atoms with Crippen molar-refractivity contribution < 1.29 is 18.7 Å². The number of hydrogen-bond acceptors (Lipinski definition) is 6. The lowest BCUT2D eigenvalue weighted by Gasteiger charge is -2.31. The summed E-state index contributed by atoms with van der Waals surface area (Å²) in [5.74, 6) is 0.264. The molecule has 2 amide bonds. The largest absolute Gasteiger partial charge is 0.462 e. The van der Waals surface area contributed by atoms with Gasteiger partial charge in [0.15, 0.2) is 16.9 Å².